The number of aryl methyl sites for hydroxylation is 2. The van der Waals surface area contributed by atoms with E-state index in [-0.39, 0.29) is 11.3 Å². The topological polar surface area (TPSA) is 109 Å². The van der Waals surface area contributed by atoms with Gasteiger partial charge in [-0.2, -0.15) is 5.10 Å². The number of rotatable bonds is 1. The average molecular weight is 378 g/mol. The minimum atomic E-state index is -0.239. The third-order valence-electron chi connectivity index (χ3n) is 4.84. The molecule has 1 aliphatic rings. The van der Waals surface area contributed by atoms with E-state index in [1.807, 2.05) is 13.2 Å². The van der Waals surface area contributed by atoms with Crippen LogP contribution in [0.2, 0.25) is 0 Å². The number of aromatic amines is 1. The third-order valence-corrected chi connectivity index (χ3v) is 4.84. The first-order chi connectivity index (χ1) is 13.5. The molecule has 1 aliphatic heterocycles. The molecule has 4 heterocycles. The molecule has 28 heavy (non-hydrogen) atoms. The second-order valence-corrected chi connectivity index (χ2v) is 6.89. The molecular formula is C20H22N6O2. The predicted molar refractivity (Wildman–Crippen MR) is 108 cm³/mol. The van der Waals surface area contributed by atoms with Crippen molar-refractivity contribution in [1.29, 1.82) is 0 Å². The van der Waals surface area contributed by atoms with E-state index >= 15 is 0 Å². The van der Waals surface area contributed by atoms with Gasteiger partial charge in [-0.1, -0.05) is 0 Å². The largest absolute Gasteiger partial charge is 0.507 e. The summed E-state index contributed by atoms with van der Waals surface area (Å²) in [4.78, 5) is 23.0. The first-order valence-corrected chi connectivity index (χ1v) is 9.26. The standard InChI is InChI=1S/C16H13N5O2.C4H9N/c1-8-13-9(7-21(2)20-13)5-10(14(8)22)15-18-6-11-12(19-15)3-4-17-16(11)23;1-2-4-5-3-1/h3-7,22H,1-2H3,(H,17,23);5H,1-4H2. The van der Waals surface area contributed by atoms with Gasteiger partial charge in [0.15, 0.2) is 5.82 Å². The first-order valence-electron chi connectivity index (χ1n) is 9.26. The molecule has 3 aromatic heterocycles. The number of hydrogen-bond donors (Lipinski definition) is 3. The summed E-state index contributed by atoms with van der Waals surface area (Å²) in [7, 11) is 1.83. The van der Waals surface area contributed by atoms with E-state index in [9.17, 15) is 9.90 Å². The Bertz CT molecular complexity index is 1200. The van der Waals surface area contributed by atoms with Gasteiger partial charge in [-0.05, 0) is 45.0 Å². The zero-order valence-corrected chi connectivity index (χ0v) is 15.9. The Balaban J connectivity index is 0.000000336. The molecule has 1 aromatic carbocycles. The van der Waals surface area contributed by atoms with Crippen molar-refractivity contribution in [3.8, 4) is 17.1 Å². The van der Waals surface area contributed by atoms with E-state index in [1.165, 1.54) is 38.3 Å². The number of fused-ring (bicyclic) bond motifs is 2. The first kappa shape index (κ1) is 18.1. The summed E-state index contributed by atoms with van der Waals surface area (Å²) < 4.78 is 1.70. The van der Waals surface area contributed by atoms with Crippen LogP contribution in [0.5, 0.6) is 5.75 Å². The van der Waals surface area contributed by atoms with E-state index in [0.717, 1.165) is 10.9 Å². The number of nitrogens with one attached hydrogen (secondary N) is 2. The summed E-state index contributed by atoms with van der Waals surface area (Å²) in [6.45, 7) is 4.31. The van der Waals surface area contributed by atoms with Crippen molar-refractivity contribution in [2.75, 3.05) is 13.1 Å². The fourth-order valence-electron chi connectivity index (χ4n) is 3.34. The van der Waals surface area contributed by atoms with E-state index in [2.05, 4.69) is 25.4 Å². The molecule has 0 amide bonds. The second-order valence-electron chi connectivity index (χ2n) is 6.89. The Hall–Kier alpha value is -3.26. The van der Waals surface area contributed by atoms with E-state index in [1.54, 1.807) is 23.7 Å². The van der Waals surface area contributed by atoms with Crippen LogP contribution in [0.1, 0.15) is 18.4 Å². The minimum absolute atomic E-state index is 0.0976. The van der Waals surface area contributed by atoms with Crippen molar-refractivity contribution in [1.82, 2.24) is 30.0 Å². The molecule has 3 N–H and O–H groups in total. The summed E-state index contributed by atoms with van der Waals surface area (Å²) in [5, 5.41) is 19.4. The number of phenols is 1. The highest BCUT2D eigenvalue weighted by atomic mass is 16.3. The predicted octanol–water partition coefficient (Wildman–Crippen LogP) is 2.26. The van der Waals surface area contributed by atoms with Gasteiger partial charge in [0, 0.05) is 36.6 Å². The molecule has 5 rings (SSSR count). The molecule has 0 aliphatic carbocycles. The lowest BCUT2D eigenvalue weighted by Crippen LogP contribution is -2.06. The summed E-state index contributed by atoms with van der Waals surface area (Å²) in [6.07, 6.45) is 7.66. The smallest absolute Gasteiger partial charge is 0.258 e. The highest BCUT2D eigenvalue weighted by Gasteiger charge is 2.16. The number of phenolic OH excluding ortho intramolecular Hbond substituents is 1. The highest BCUT2D eigenvalue weighted by molar-refractivity contribution is 5.90. The van der Waals surface area contributed by atoms with Crippen LogP contribution in [0.25, 0.3) is 33.2 Å². The van der Waals surface area contributed by atoms with Crippen LogP contribution < -0.4 is 10.9 Å². The van der Waals surface area contributed by atoms with E-state index in [4.69, 9.17) is 0 Å². The van der Waals surface area contributed by atoms with Crippen molar-refractivity contribution < 1.29 is 5.11 Å². The summed E-state index contributed by atoms with van der Waals surface area (Å²) in [6, 6.07) is 3.51. The number of pyridine rings is 1. The third kappa shape index (κ3) is 3.34. The number of aromatic hydroxyl groups is 1. The van der Waals surface area contributed by atoms with Gasteiger partial charge in [-0.15, -0.1) is 0 Å². The van der Waals surface area contributed by atoms with Crippen LogP contribution in [0, 0.1) is 6.92 Å². The maximum Gasteiger partial charge on any atom is 0.258 e. The molecule has 8 nitrogen and oxygen atoms in total. The van der Waals surface area contributed by atoms with Gasteiger partial charge in [0.05, 0.1) is 22.0 Å². The van der Waals surface area contributed by atoms with Gasteiger partial charge in [0.1, 0.15) is 5.75 Å². The maximum atomic E-state index is 11.7. The molecule has 0 bridgehead atoms. The van der Waals surface area contributed by atoms with Crippen LogP contribution in [-0.4, -0.2) is 42.9 Å². The normalized spacial score (nSPS) is 13.6. The monoisotopic (exact) mass is 378 g/mol. The Labute approximate surface area is 161 Å². The maximum absolute atomic E-state index is 11.7. The van der Waals surface area contributed by atoms with E-state index in [0.29, 0.717) is 27.9 Å². The summed E-state index contributed by atoms with van der Waals surface area (Å²) in [5.41, 5.74) is 2.23. The average Bonchev–Trinajstić information content (AvgIpc) is 3.37. The van der Waals surface area contributed by atoms with Crippen molar-refractivity contribution in [2.24, 2.45) is 7.05 Å². The molecule has 0 radical (unpaired) electrons. The van der Waals surface area contributed by atoms with Crippen LogP contribution in [0.15, 0.2) is 35.5 Å². The fourth-order valence-corrected chi connectivity index (χ4v) is 3.34. The second kappa shape index (κ2) is 7.40. The molecule has 0 atom stereocenters. The SMILES string of the molecule is C1CCNC1.Cc1c(O)c(-c2ncc3c(=O)[nH]ccc3n2)cc2cn(C)nc12. The lowest BCUT2D eigenvalue weighted by atomic mass is 10.1. The van der Waals surface area contributed by atoms with E-state index < -0.39 is 0 Å². The highest BCUT2D eigenvalue weighted by Crippen LogP contribution is 2.35. The number of nitrogens with zero attached hydrogens (tertiary/aromatic N) is 4. The molecule has 4 aromatic rings. The van der Waals surface area contributed by atoms with Crippen molar-refractivity contribution in [3.63, 3.8) is 0 Å². The Kier molecular flexibility index (Phi) is 4.79. The zero-order chi connectivity index (χ0) is 19.7. The zero-order valence-electron chi connectivity index (χ0n) is 15.9. The molecule has 1 saturated heterocycles. The summed E-state index contributed by atoms with van der Waals surface area (Å²) >= 11 is 0. The minimum Gasteiger partial charge on any atom is -0.507 e. The molecule has 0 saturated carbocycles. The van der Waals surface area contributed by atoms with Crippen LogP contribution in [0.3, 0.4) is 0 Å². The summed E-state index contributed by atoms with van der Waals surface area (Å²) in [5.74, 6) is 0.467. The molecule has 8 heteroatoms. The molecule has 1 fully saturated rings. The number of aromatic nitrogens is 5. The van der Waals surface area contributed by atoms with Crippen molar-refractivity contribution in [3.05, 3.63) is 46.6 Å². The van der Waals surface area contributed by atoms with Gasteiger partial charge in [-0.25, -0.2) is 9.97 Å². The lowest BCUT2D eigenvalue weighted by Gasteiger charge is -2.07. The van der Waals surface area contributed by atoms with Crippen LogP contribution >= 0.6 is 0 Å². The number of hydrogen-bond acceptors (Lipinski definition) is 6. The Morgan fingerprint density at radius 2 is 2.04 bits per heavy atom. The van der Waals surface area contributed by atoms with Gasteiger partial charge in [0.25, 0.3) is 5.56 Å². The van der Waals surface area contributed by atoms with Crippen LogP contribution in [-0.2, 0) is 7.05 Å². The molecular weight excluding hydrogens is 356 g/mol. The van der Waals surface area contributed by atoms with Crippen molar-refractivity contribution in [2.45, 2.75) is 19.8 Å². The Morgan fingerprint density at radius 1 is 1.25 bits per heavy atom. The van der Waals surface area contributed by atoms with Gasteiger partial charge in [0.2, 0.25) is 0 Å². The van der Waals surface area contributed by atoms with Crippen LogP contribution in [0.4, 0.5) is 0 Å². The lowest BCUT2D eigenvalue weighted by molar-refractivity contribution is 0.473. The van der Waals surface area contributed by atoms with Gasteiger partial charge in [-0.3, -0.25) is 9.48 Å². The quantitative estimate of drug-likeness (QED) is 0.469. The van der Waals surface area contributed by atoms with Crippen molar-refractivity contribution >= 4 is 21.8 Å². The number of H-pyrrole nitrogens is 1. The number of benzene rings is 1. The van der Waals surface area contributed by atoms with Gasteiger partial charge >= 0.3 is 0 Å². The fraction of sp³-hybridized carbons (Fsp3) is 0.300. The molecule has 0 unspecified atom stereocenters. The molecule has 144 valence electrons. The molecule has 0 spiro atoms. The Morgan fingerprint density at radius 3 is 2.75 bits per heavy atom. The van der Waals surface area contributed by atoms with Gasteiger partial charge < -0.3 is 15.4 Å².